The number of benzene rings is 2. The number of aromatic hydroxyl groups is 2. The van der Waals surface area contributed by atoms with Gasteiger partial charge >= 0.3 is 0 Å². The molecular formula is C18H22O2. The molecule has 0 aromatic heterocycles. The summed E-state index contributed by atoms with van der Waals surface area (Å²) in [4.78, 5) is 0. The predicted octanol–water partition coefficient (Wildman–Crippen LogP) is 5.01. The van der Waals surface area contributed by atoms with Gasteiger partial charge in [0.2, 0.25) is 0 Å². The molecule has 2 nitrogen and oxygen atoms in total. The molecule has 0 heterocycles. The van der Waals surface area contributed by atoms with Crippen molar-refractivity contribution in [2.24, 2.45) is 0 Å². The van der Waals surface area contributed by atoms with Crippen LogP contribution in [0.2, 0.25) is 0 Å². The first-order chi connectivity index (χ1) is 9.43. The maximum absolute atomic E-state index is 10.5. The van der Waals surface area contributed by atoms with Crippen LogP contribution in [0, 0.1) is 0 Å². The Balaban J connectivity index is 2.78. The lowest BCUT2D eigenvalue weighted by Gasteiger charge is -2.19. The SMILES string of the molecule is CC(C)c1cc(C(C)C)c(O)c(-c2ccccc2)c1O. The third-order valence-electron chi connectivity index (χ3n) is 3.64. The molecule has 2 N–H and O–H groups in total. The van der Waals surface area contributed by atoms with E-state index in [1.165, 1.54) is 0 Å². The van der Waals surface area contributed by atoms with E-state index in [0.717, 1.165) is 16.7 Å². The summed E-state index contributed by atoms with van der Waals surface area (Å²) in [7, 11) is 0. The van der Waals surface area contributed by atoms with Gasteiger partial charge in [0.1, 0.15) is 11.5 Å². The Kier molecular flexibility index (Phi) is 4.03. The molecule has 0 aliphatic rings. The molecule has 0 saturated heterocycles. The fourth-order valence-corrected chi connectivity index (χ4v) is 2.46. The van der Waals surface area contributed by atoms with Crippen LogP contribution >= 0.6 is 0 Å². The Hall–Kier alpha value is -1.96. The van der Waals surface area contributed by atoms with Gasteiger partial charge < -0.3 is 10.2 Å². The summed E-state index contributed by atoms with van der Waals surface area (Å²) in [5, 5.41) is 21.1. The molecule has 2 rings (SSSR count). The molecule has 0 saturated carbocycles. The van der Waals surface area contributed by atoms with Crippen molar-refractivity contribution in [3.63, 3.8) is 0 Å². The molecule has 0 unspecified atom stereocenters. The fraction of sp³-hybridized carbons (Fsp3) is 0.333. The highest BCUT2D eigenvalue weighted by molar-refractivity contribution is 5.79. The minimum absolute atomic E-state index is 0.188. The summed E-state index contributed by atoms with van der Waals surface area (Å²) in [6, 6.07) is 11.5. The molecule has 106 valence electrons. The number of rotatable bonds is 3. The van der Waals surface area contributed by atoms with E-state index in [4.69, 9.17) is 0 Å². The number of phenolic OH excluding ortho intramolecular Hbond substituents is 2. The molecule has 0 amide bonds. The second-order valence-electron chi connectivity index (χ2n) is 5.80. The Labute approximate surface area is 120 Å². The lowest BCUT2D eigenvalue weighted by Crippen LogP contribution is -1.97. The molecule has 0 atom stereocenters. The summed E-state index contributed by atoms with van der Waals surface area (Å²) in [5.41, 5.74) is 3.14. The largest absolute Gasteiger partial charge is 0.507 e. The summed E-state index contributed by atoms with van der Waals surface area (Å²) >= 11 is 0. The second-order valence-corrected chi connectivity index (χ2v) is 5.80. The van der Waals surface area contributed by atoms with Crippen LogP contribution in [0.5, 0.6) is 11.5 Å². The zero-order valence-corrected chi connectivity index (χ0v) is 12.5. The molecular weight excluding hydrogens is 248 g/mol. The zero-order chi connectivity index (χ0) is 14.9. The summed E-state index contributed by atoms with van der Waals surface area (Å²) in [5.74, 6) is 0.785. The van der Waals surface area contributed by atoms with Crippen molar-refractivity contribution in [3.8, 4) is 22.6 Å². The van der Waals surface area contributed by atoms with Crippen LogP contribution in [0.15, 0.2) is 36.4 Å². The monoisotopic (exact) mass is 270 g/mol. The van der Waals surface area contributed by atoms with E-state index in [2.05, 4.69) is 0 Å². The molecule has 20 heavy (non-hydrogen) atoms. The van der Waals surface area contributed by atoms with Crippen LogP contribution < -0.4 is 0 Å². The Morgan fingerprint density at radius 1 is 0.750 bits per heavy atom. The van der Waals surface area contributed by atoms with Crippen LogP contribution in [-0.2, 0) is 0 Å². The van der Waals surface area contributed by atoms with E-state index >= 15 is 0 Å². The maximum atomic E-state index is 10.5. The van der Waals surface area contributed by atoms with Gasteiger partial charge in [0.15, 0.2) is 0 Å². The number of hydrogen-bond donors (Lipinski definition) is 2. The van der Waals surface area contributed by atoms with Crippen LogP contribution in [0.3, 0.4) is 0 Å². The summed E-state index contributed by atoms with van der Waals surface area (Å²) in [6.07, 6.45) is 0. The van der Waals surface area contributed by atoms with Crippen LogP contribution in [-0.4, -0.2) is 10.2 Å². The first-order valence-corrected chi connectivity index (χ1v) is 7.07. The van der Waals surface area contributed by atoms with Gasteiger partial charge in [0, 0.05) is 0 Å². The first kappa shape index (κ1) is 14.4. The molecule has 2 heteroatoms. The molecule has 2 aromatic carbocycles. The van der Waals surface area contributed by atoms with Gasteiger partial charge in [0.25, 0.3) is 0 Å². The standard InChI is InChI=1S/C18H22O2/c1-11(2)14-10-15(12(3)4)18(20)16(17(14)19)13-8-6-5-7-9-13/h5-12,19-20H,1-4H3. The van der Waals surface area contributed by atoms with Crippen molar-refractivity contribution >= 4 is 0 Å². The number of hydrogen-bond acceptors (Lipinski definition) is 2. The highest BCUT2D eigenvalue weighted by Crippen LogP contribution is 2.46. The van der Waals surface area contributed by atoms with Gasteiger partial charge in [-0.25, -0.2) is 0 Å². The van der Waals surface area contributed by atoms with Crippen molar-refractivity contribution in [2.75, 3.05) is 0 Å². The zero-order valence-electron chi connectivity index (χ0n) is 12.5. The molecule has 0 aliphatic heterocycles. The minimum atomic E-state index is 0.188. The normalized spacial score (nSPS) is 11.3. The molecule has 0 radical (unpaired) electrons. The third kappa shape index (κ3) is 2.51. The molecule has 0 spiro atoms. The van der Waals surface area contributed by atoms with Gasteiger partial charge in [-0.3, -0.25) is 0 Å². The van der Waals surface area contributed by atoms with Crippen LogP contribution in [0.4, 0.5) is 0 Å². The van der Waals surface area contributed by atoms with Crippen molar-refractivity contribution in [2.45, 2.75) is 39.5 Å². The van der Waals surface area contributed by atoms with E-state index < -0.39 is 0 Å². The van der Waals surface area contributed by atoms with E-state index in [1.807, 2.05) is 64.1 Å². The lowest BCUT2D eigenvalue weighted by atomic mass is 9.88. The van der Waals surface area contributed by atoms with Crippen molar-refractivity contribution < 1.29 is 10.2 Å². The Morgan fingerprint density at radius 2 is 1.20 bits per heavy atom. The maximum Gasteiger partial charge on any atom is 0.130 e. The smallest absolute Gasteiger partial charge is 0.130 e. The molecule has 0 fully saturated rings. The summed E-state index contributed by atoms with van der Waals surface area (Å²) < 4.78 is 0. The summed E-state index contributed by atoms with van der Waals surface area (Å²) in [6.45, 7) is 8.19. The quantitative estimate of drug-likeness (QED) is 0.822. The van der Waals surface area contributed by atoms with E-state index in [-0.39, 0.29) is 23.3 Å². The Morgan fingerprint density at radius 3 is 1.60 bits per heavy atom. The van der Waals surface area contributed by atoms with Crippen molar-refractivity contribution in [3.05, 3.63) is 47.5 Å². The van der Waals surface area contributed by atoms with Gasteiger partial charge in [-0.2, -0.15) is 0 Å². The highest BCUT2D eigenvalue weighted by atomic mass is 16.3. The topological polar surface area (TPSA) is 40.5 Å². The van der Waals surface area contributed by atoms with E-state index in [1.54, 1.807) is 0 Å². The van der Waals surface area contributed by atoms with Gasteiger partial charge in [0.05, 0.1) is 5.56 Å². The van der Waals surface area contributed by atoms with Crippen LogP contribution in [0.1, 0.15) is 50.7 Å². The highest BCUT2D eigenvalue weighted by Gasteiger charge is 2.21. The predicted molar refractivity (Wildman–Crippen MR) is 83.4 cm³/mol. The van der Waals surface area contributed by atoms with Gasteiger partial charge in [-0.1, -0.05) is 58.0 Å². The lowest BCUT2D eigenvalue weighted by molar-refractivity contribution is 0.441. The average Bonchev–Trinajstić information content (AvgIpc) is 2.39. The minimum Gasteiger partial charge on any atom is -0.507 e. The van der Waals surface area contributed by atoms with Gasteiger partial charge in [-0.15, -0.1) is 0 Å². The van der Waals surface area contributed by atoms with Crippen LogP contribution in [0.25, 0.3) is 11.1 Å². The van der Waals surface area contributed by atoms with Crippen molar-refractivity contribution in [1.82, 2.24) is 0 Å². The van der Waals surface area contributed by atoms with Gasteiger partial charge in [-0.05, 0) is 34.6 Å². The number of phenols is 2. The Bertz CT molecular complexity index is 566. The first-order valence-electron chi connectivity index (χ1n) is 7.07. The second kappa shape index (κ2) is 5.58. The fourth-order valence-electron chi connectivity index (χ4n) is 2.46. The third-order valence-corrected chi connectivity index (χ3v) is 3.64. The van der Waals surface area contributed by atoms with Crippen molar-refractivity contribution in [1.29, 1.82) is 0 Å². The molecule has 0 aliphatic carbocycles. The van der Waals surface area contributed by atoms with E-state index in [0.29, 0.717) is 5.56 Å². The van der Waals surface area contributed by atoms with E-state index in [9.17, 15) is 10.2 Å². The molecule has 2 aromatic rings. The molecule has 0 bridgehead atoms. The average molecular weight is 270 g/mol.